The van der Waals surface area contributed by atoms with Crippen LogP contribution in [0.15, 0.2) is 16.7 Å². The molecular formula is C15H25NO2. The largest absolute Gasteiger partial charge is 0.468 e. The topological polar surface area (TPSA) is 36.6 Å². The quantitative estimate of drug-likeness (QED) is 0.873. The van der Waals surface area contributed by atoms with Crippen molar-refractivity contribution >= 4 is 0 Å². The maximum Gasteiger partial charge on any atom is 0.120 e. The average Bonchev–Trinajstić information content (AvgIpc) is 2.75. The number of aryl methyl sites for hydroxylation is 1. The molecule has 0 aromatic carbocycles. The molecule has 1 heterocycles. The molecule has 102 valence electrons. The van der Waals surface area contributed by atoms with Crippen LogP contribution in [0.2, 0.25) is 0 Å². The van der Waals surface area contributed by atoms with Crippen LogP contribution in [0.3, 0.4) is 0 Å². The van der Waals surface area contributed by atoms with Gasteiger partial charge in [-0.1, -0.05) is 19.3 Å². The van der Waals surface area contributed by atoms with E-state index in [1.807, 2.05) is 13.0 Å². The van der Waals surface area contributed by atoms with Gasteiger partial charge in [-0.2, -0.15) is 0 Å². The summed E-state index contributed by atoms with van der Waals surface area (Å²) in [5, 5.41) is 9.68. The van der Waals surface area contributed by atoms with Crippen LogP contribution in [0.1, 0.15) is 50.4 Å². The van der Waals surface area contributed by atoms with E-state index < -0.39 is 0 Å². The van der Waals surface area contributed by atoms with Gasteiger partial charge in [0.25, 0.3) is 0 Å². The molecule has 1 saturated carbocycles. The van der Waals surface area contributed by atoms with Crippen LogP contribution >= 0.6 is 0 Å². The van der Waals surface area contributed by atoms with Crippen molar-refractivity contribution < 1.29 is 9.52 Å². The van der Waals surface area contributed by atoms with Crippen LogP contribution in [0.5, 0.6) is 0 Å². The standard InChI is InChI=1S/C15H25NO2/c1-12-8-9-18-15(12)11-16(10-13(2)17)14-6-4-3-5-7-14/h8-9,13-14,17H,3-7,10-11H2,1-2H3. The lowest BCUT2D eigenvalue weighted by Crippen LogP contribution is -2.40. The van der Waals surface area contributed by atoms with Gasteiger partial charge in [-0.3, -0.25) is 4.90 Å². The van der Waals surface area contributed by atoms with Crippen LogP contribution in [0.4, 0.5) is 0 Å². The van der Waals surface area contributed by atoms with Crippen LogP contribution in [0.25, 0.3) is 0 Å². The Morgan fingerprint density at radius 3 is 2.67 bits per heavy atom. The third kappa shape index (κ3) is 3.59. The Kier molecular flexibility index (Phi) is 4.84. The molecule has 0 bridgehead atoms. The first-order valence-corrected chi connectivity index (χ1v) is 7.12. The van der Waals surface area contributed by atoms with Crippen LogP contribution in [-0.4, -0.2) is 28.7 Å². The first-order valence-electron chi connectivity index (χ1n) is 7.12. The van der Waals surface area contributed by atoms with E-state index in [1.165, 1.54) is 37.7 Å². The van der Waals surface area contributed by atoms with Gasteiger partial charge >= 0.3 is 0 Å². The van der Waals surface area contributed by atoms with Crippen molar-refractivity contribution in [3.8, 4) is 0 Å². The Morgan fingerprint density at radius 1 is 1.39 bits per heavy atom. The van der Waals surface area contributed by atoms with Gasteiger partial charge < -0.3 is 9.52 Å². The van der Waals surface area contributed by atoms with Crippen LogP contribution in [0, 0.1) is 6.92 Å². The Labute approximate surface area is 110 Å². The zero-order chi connectivity index (χ0) is 13.0. The number of aliphatic hydroxyl groups excluding tert-OH is 1. The molecule has 0 amide bonds. The minimum Gasteiger partial charge on any atom is -0.468 e. The molecule has 0 radical (unpaired) electrons. The van der Waals surface area contributed by atoms with E-state index in [2.05, 4.69) is 11.8 Å². The number of furan rings is 1. The van der Waals surface area contributed by atoms with Gasteiger partial charge in [0.05, 0.1) is 18.9 Å². The molecule has 3 heteroatoms. The molecule has 1 fully saturated rings. The van der Waals surface area contributed by atoms with Crippen molar-refractivity contribution in [2.45, 2.75) is 64.6 Å². The molecule has 18 heavy (non-hydrogen) atoms. The SMILES string of the molecule is Cc1ccoc1CN(CC(C)O)C1CCCCC1. The molecule has 0 aliphatic heterocycles. The van der Waals surface area contributed by atoms with Gasteiger partial charge in [-0.05, 0) is 38.3 Å². The van der Waals surface area contributed by atoms with E-state index in [0.717, 1.165) is 18.8 Å². The minimum absolute atomic E-state index is 0.276. The highest BCUT2D eigenvalue weighted by Gasteiger charge is 2.23. The monoisotopic (exact) mass is 251 g/mol. The van der Waals surface area contributed by atoms with E-state index in [0.29, 0.717) is 6.04 Å². The summed E-state index contributed by atoms with van der Waals surface area (Å²) in [7, 11) is 0. The lowest BCUT2D eigenvalue weighted by Gasteiger charge is -2.34. The van der Waals surface area contributed by atoms with Gasteiger partial charge in [-0.25, -0.2) is 0 Å². The Bertz CT molecular complexity index is 353. The zero-order valence-corrected chi connectivity index (χ0v) is 11.6. The highest BCUT2D eigenvalue weighted by Crippen LogP contribution is 2.25. The molecule has 3 nitrogen and oxygen atoms in total. The summed E-state index contributed by atoms with van der Waals surface area (Å²) in [5.41, 5.74) is 1.21. The predicted molar refractivity (Wildman–Crippen MR) is 72.4 cm³/mol. The summed E-state index contributed by atoms with van der Waals surface area (Å²) >= 11 is 0. The molecule has 1 aliphatic rings. The van der Waals surface area contributed by atoms with E-state index in [1.54, 1.807) is 6.26 Å². The summed E-state index contributed by atoms with van der Waals surface area (Å²) in [4.78, 5) is 2.40. The maximum atomic E-state index is 9.68. The predicted octanol–water partition coefficient (Wildman–Crippen LogP) is 3.10. The number of rotatable bonds is 5. The lowest BCUT2D eigenvalue weighted by molar-refractivity contribution is 0.0716. The molecule has 1 N–H and O–H groups in total. The first-order chi connectivity index (χ1) is 8.66. The van der Waals surface area contributed by atoms with E-state index >= 15 is 0 Å². The third-order valence-corrected chi connectivity index (χ3v) is 3.90. The molecule has 2 rings (SSSR count). The first kappa shape index (κ1) is 13.6. The van der Waals surface area contributed by atoms with Crippen LogP contribution < -0.4 is 0 Å². The fourth-order valence-corrected chi connectivity index (χ4v) is 2.88. The van der Waals surface area contributed by atoms with Crippen molar-refractivity contribution in [3.63, 3.8) is 0 Å². The second kappa shape index (κ2) is 6.39. The molecular weight excluding hydrogens is 226 g/mol. The Balaban J connectivity index is 2.02. The fourth-order valence-electron chi connectivity index (χ4n) is 2.88. The Hall–Kier alpha value is -0.800. The van der Waals surface area contributed by atoms with Crippen LogP contribution in [-0.2, 0) is 6.54 Å². The van der Waals surface area contributed by atoms with E-state index in [4.69, 9.17) is 4.42 Å². The summed E-state index contributed by atoms with van der Waals surface area (Å²) in [6, 6.07) is 2.62. The molecule has 1 aromatic heterocycles. The zero-order valence-electron chi connectivity index (χ0n) is 11.6. The molecule has 1 atom stereocenters. The molecule has 1 aliphatic carbocycles. The summed E-state index contributed by atoms with van der Waals surface area (Å²) < 4.78 is 5.54. The summed E-state index contributed by atoms with van der Waals surface area (Å²) in [6.45, 7) is 5.52. The molecule has 1 unspecified atom stereocenters. The molecule has 0 saturated heterocycles. The average molecular weight is 251 g/mol. The number of hydrogen-bond donors (Lipinski definition) is 1. The van der Waals surface area contributed by atoms with Gasteiger partial charge in [0.2, 0.25) is 0 Å². The molecule has 1 aromatic rings. The van der Waals surface area contributed by atoms with Crippen molar-refractivity contribution in [1.82, 2.24) is 4.90 Å². The van der Waals surface area contributed by atoms with Crippen molar-refractivity contribution in [3.05, 3.63) is 23.7 Å². The van der Waals surface area contributed by atoms with Gasteiger partial charge in [0.15, 0.2) is 0 Å². The van der Waals surface area contributed by atoms with Gasteiger partial charge in [0.1, 0.15) is 5.76 Å². The Morgan fingerprint density at radius 2 is 2.11 bits per heavy atom. The third-order valence-electron chi connectivity index (χ3n) is 3.90. The summed E-state index contributed by atoms with van der Waals surface area (Å²) in [6.07, 6.45) is 7.99. The fraction of sp³-hybridized carbons (Fsp3) is 0.733. The number of hydrogen-bond acceptors (Lipinski definition) is 3. The van der Waals surface area contributed by atoms with Gasteiger partial charge in [0, 0.05) is 12.6 Å². The van der Waals surface area contributed by atoms with Gasteiger partial charge in [-0.15, -0.1) is 0 Å². The van der Waals surface area contributed by atoms with Crippen molar-refractivity contribution in [2.75, 3.05) is 6.54 Å². The second-order valence-corrected chi connectivity index (χ2v) is 5.60. The smallest absolute Gasteiger partial charge is 0.120 e. The van der Waals surface area contributed by atoms with Crippen molar-refractivity contribution in [2.24, 2.45) is 0 Å². The number of aliphatic hydroxyl groups is 1. The molecule has 0 spiro atoms. The minimum atomic E-state index is -0.276. The normalized spacial score (nSPS) is 19.3. The number of nitrogens with zero attached hydrogens (tertiary/aromatic N) is 1. The van der Waals surface area contributed by atoms with E-state index in [9.17, 15) is 5.11 Å². The summed E-state index contributed by atoms with van der Waals surface area (Å²) in [5.74, 6) is 1.04. The van der Waals surface area contributed by atoms with E-state index in [-0.39, 0.29) is 6.10 Å². The second-order valence-electron chi connectivity index (χ2n) is 5.60. The highest BCUT2D eigenvalue weighted by molar-refractivity contribution is 5.14. The highest BCUT2D eigenvalue weighted by atomic mass is 16.3. The maximum absolute atomic E-state index is 9.68. The lowest BCUT2D eigenvalue weighted by atomic mass is 9.94. The van der Waals surface area contributed by atoms with Crippen molar-refractivity contribution in [1.29, 1.82) is 0 Å².